The minimum Gasteiger partial charge on any atom is -0.351 e. The summed E-state index contributed by atoms with van der Waals surface area (Å²) in [4.78, 5) is 13.2. The first-order valence-corrected chi connectivity index (χ1v) is 6.70. The van der Waals surface area contributed by atoms with Crippen LogP contribution in [-0.4, -0.2) is 10.9 Å². The Hall–Kier alpha value is -2.29. The van der Waals surface area contributed by atoms with E-state index < -0.39 is 6.03 Å². The van der Waals surface area contributed by atoms with Crippen molar-refractivity contribution in [2.45, 2.75) is 26.9 Å². The van der Waals surface area contributed by atoms with E-state index in [1.54, 1.807) is 4.90 Å². The van der Waals surface area contributed by atoms with E-state index in [-0.39, 0.29) is 0 Å². The van der Waals surface area contributed by atoms with Gasteiger partial charge in [-0.15, -0.1) is 0 Å². The van der Waals surface area contributed by atoms with Gasteiger partial charge in [0.05, 0.1) is 0 Å². The van der Waals surface area contributed by atoms with E-state index in [4.69, 9.17) is 5.73 Å². The molecule has 2 aromatic rings. The molecule has 2 rings (SSSR count). The molecule has 0 aromatic heterocycles. The lowest BCUT2D eigenvalue weighted by molar-refractivity contribution is 0.202. The maximum Gasteiger partial charge on any atom is 0.315 e. The van der Waals surface area contributed by atoms with E-state index in [0.29, 0.717) is 13.1 Å². The standard InChI is InChI=1S/C17H20N2O/c1-13-3-7-15(8-4-13)11-19(17(18)20)12-16-9-5-14(2)6-10-16/h3-10H,11-12H2,1-2H3,(H2,18,20). The van der Waals surface area contributed by atoms with Crippen LogP contribution in [0.4, 0.5) is 4.79 Å². The summed E-state index contributed by atoms with van der Waals surface area (Å²) in [6.07, 6.45) is 0. The van der Waals surface area contributed by atoms with Crippen molar-refractivity contribution in [3.63, 3.8) is 0 Å². The second-order valence-corrected chi connectivity index (χ2v) is 5.17. The average molecular weight is 268 g/mol. The van der Waals surface area contributed by atoms with Gasteiger partial charge in [-0.05, 0) is 25.0 Å². The molecule has 104 valence electrons. The van der Waals surface area contributed by atoms with Gasteiger partial charge in [0.15, 0.2) is 0 Å². The highest BCUT2D eigenvalue weighted by Gasteiger charge is 2.11. The third kappa shape index (κ3) is 3.85. The molecule has 0 heterocycles. The summed E-state index contributed by atoms with van der Waals surface area (Å²) >= 11 is 0. The molecule has 0 unspecified atom stereocenters. The maximum absolute atomic E-state index is 11.6. The molecule has 0 radical (unpaired) electrons. The number of amides is 2. The number of nitrogens with two attached hydrogens (primary N) is 1. The van der Waals surface area contributed by atoms with Crippen LogP contribution in [0.3, 0.4) is 0 Å². The highest BCUT2D eigenvalue weighted by atomic mass is 16.2. The zero-order chi connectivity index (χ0) is 14.5. The van der Waals surface area contributed by atoms with Crippen LogP contribution in [0.5, 0.6) is 0 Å². The molecule has 2 N–H and O–H groups in total. The van der Waals surface area contributed by atoms with Crippen molar-refractivity contribution in [3.8, 4) is 0 Å². The summed E-state index contributed by atoms with van der Waals surface area (Å²) in [5.74, 6) is 0. The van der Waals surface area contributed by atoms with Crippen molar-refractivity contribution in [1.82, 2.24) is 4.90 Å². The lowest BCUT2D eigenvalue weighted by atomic mass is 10.1. The molecule has 0 spiro atoms. The fraction of sp³-hybridized carbons (Fsp3) is 0.235. The number of aryl methyl sites for hydroxylation is 2. The Labute approximate surface area is 120 Å². The van der Waals surface area contributed by atoms with Gasteiger partial charge in [-0.1, -0.05) is 59.7 Å². The smallest absolute Gasteiger partial charge is 0.315 e. The Morgan fingerprint density at radius 2 is 1.20 bits per heavy atom. The highest BCUT2D eigenvalue weighted by Crippen LogP contribution is 2.11. The number of urea groups is 1. The van der Waals surface area contributed by atoms with E-state index in [1.807, 2.05) is 62.4 Å². The number of carbonyl (C=O) groups excluding carboxylic acids is 1. The first-order chi connectivity index (χ1) is 9.54. The predicted molar refractivity (Wildman–Crippen MR) is 81.2 cm³/mol. The second kappa shape index (κ2) is 6.24. The molecule has 0 saturated carbocycles. The number of benzene rings is 2. The molecule has 2 aromatic carbocycles. The molecule has 0 aliphatic rings. The SMILES string of the molecule is Cc1ccc(CN(Cc2ccc(C)cc2)C(N)=O)cc1. The molecule has 0 fully saturated rings. The van der Waals surface area contributed by atoms with Crippen molar-refractivity contribution in [2.75, 3.05) is 0 Å². The van der Waals surface area contributed by atoms with Crippen LogP contribution in [0, 0.1) is 13.8 Å². The van der Waals surface area contributed by atoms with Gasteiger partial charge in [0.25, 0.3) is 0 Å². The molecular formula is C17H20N2O. The number of primary amides is 1. The molecule has 3 nitrogen and oxygen atoms in total. The Morgan fingerprint density at radius 1 is 0.850 bits per heavy atom. The Balaban J connectivity index is 2.09. The zero-order valence-electron chi connectivity index (χ0n) is 12.0. The van der Waals surface area contributed by atoms with Gasteiger partial charge in [0.1, 0.15) is 0 Å². The summed E-state index contributed by atoms with van der Waals surface area (Å²) in [5.41, 5.74) is 10.1. The summed E-state index contributed by atoms with van der Waals surface area (Å²) in [6, 6.07) is 15.9. The van der Waals surface area contributed by atoms with Gasteiger partial charge in [0, 0.05) is 13.1 Å². The predicted octanol–water partition coefficient (Wildman–Crippen LogP) is 3.38. The third-order valence-corrected chi connectivity index (χ3v) is 3.30. The van der Waals surface area contributed by atoms with E-state index in [0.717, 1.165) is 11.1 Å². The van der Waals surface area contributed by atoms with Crippen LogP contribution < -0.4 is 5.73 Å². The third-order valence-electron chi connectivity index (χ3n) is 3.30. The zero-order valence-corrected chi connectivity index (χ0v) is 12.0. The fourth-order valence-electron chi connectivity index (χ4n) is 2.04. The fourth-order valence-corrected chi connectivity index (χ4v) is 2.04. The van der Waals surface area contributed by atoms with Crippen LogP contribution in [0.1, 0.15) is 22.3 Å². The Bertz CT molecular complexity index is 525. The summed E-state index contributed by atoms with van der Waals surface area (Å²) in [6.45, 7) is 5.15. The van der Waals surface area contributed by atoms with Gasteiger partial charge in [-0.3, -0.25) is 0 Å². The first kappa shape index (κ1) is 14.1. The van der Waals surface area contributed by atoms with Gasteiger partial charge in [-0.25, -0.2) is 4.79 Å². The summed E-state index contributed by atoms with van der Waals surface area (Å²) < 4.78 is 0. The lowest BCUT2D eigenvalue weighted by Gasteiger charge is -2.20. The second-order valence-electron chi connectivity index (χ2n) is 5.17. The molecule has 0 atom stereocenters. The molecule has 3 heteroatoms. The van der Waals surface area contributed by atoms with Crippen molar-refractivity contribution >= 4 is 6.03 Å². The van der Waals surface area contributed by atoms with Crippen molar-refractivity contribution in [2.24, 2.45) is 5.73 Å². The number of nitrogens with zero attached hydrogens (tertiary/aromatic N) is 1. The van der Waals surface area contributed by atoms with Gasteiger partial charge < -0.3 is 10.6 Å². The molecule has 2 amide bonds. The van der Waals surface area contributed by atoms with Gasteiger partial charge >= 0.3 is 6.03 Å². The number of hydrogen-bond acceptors (Lipinski definition) is 1. The maximum atomic E-state index is 11.6. The summed E-state index contributed by atoms with van der Waals surface area (Å²) in [7, 11) is 0. The minimum atomic E-state index is -0.397. The van der Waals surface area contributed by atoms with Crippen molar-refractivity contribution < 1.29 is 4.79 Å². The molecular weight excluding hydrogens is 248 g/mol. The molecule has 20 heavy (non-hydrogen) atoms. The number of hydrogen-bond donors (Lipinski definition) is 1. The largest absolute Gasteiger partial charge is 0.351 e. The average Bonchev–Trinajstić information content (AvgIpc) is 2.42. The van der Waals surface area contributed by atoms with Crippen LogP contribution in [0.2, 0.25) is 0 Å². The Morgan fingerprint density at radius 3 is 1.50 bits per heavy atom. The number of carbonyl (C=O) groups is 1. The monoisotopic (exact) mass is 268 g/mol. The Kier molecular flexibility index (Phi) is 4.41. The van der Waals surface area contributed by atoms with Crippen molar-refractivity contribution in [1.29, 1.82) is 0 Å². The van der Waals surface area contributed by atoms with Crippen LogP contribution in [0.15, 0.2) is 48.5 Å². The van der Waals surface area contributed by atoms with Gasteiger partial charge in [0.2, 0.25) is 0 Å². The first-order valence-electron chi connectivity index (χ1n) is 6.70. The van der Waals surface area contributed by atoms with Crippen LogP contribution in [-0.2, 0) is 13.1 Å². The van der Waals surface area contributed by atoms with E-state index >= 15 is 0 Å². The highest BCUT2D eigenvalue weighted by molar-refractivity contribution is 5.72. The van der Waals surface area contributed by atoms with Crippen LogP contribution >= 0.6 is 0 Å². The minimum absolute atomic E-state index is 0.397. The molecule has 0 saturated heterocycles. The number of rotatable bonds is 4. The normalized spacial score (nSPS) is 10.3. The lowest BCUT2D eigenvalue weighted by Crippen LogP contribution is -2.34. The summed E-state index contributed by atoms with van der Waals surface area (Å²) in [5, 5.41) is 0. The van der Waals surface area contributed by atoms with Gasteiger partial charge in [-0.2, -0.15) is 0 Å². The topological polar surface area (TPSA) is 46.3 Å². The molecule has 0 bridgehead atoms. The molecule has 0 aliphatic carbocycles. The van der Waals surface area contributed by atoms with E-state index in [1.165, 1.54) is 11.1 Å². The van der Waals surface area contributed by atoms with E-state index in [9.17, 15) is 4.79 Å². The van der Waals surface area contributed by atoms with E-state index in [2.05, 4.69) is 0 Å². The van der Waals surface area contributed by atoms with Crippen LogP contribution in [0.25, 0.3) is 0 Å². The quantitative estimate of drug-likeness (QED) is 0.907. The molecule has 0 aliphatic heterocycles. The van der Waals surface area contributed by atoms with Crippen molar-refractivity contribution in [3.05, 3.63) is 70.8 Å².